The van der Waals surface area contributed by atoms with E-state index < -0.39 is 10.0 Å². The summed E-state index contributed by atoms with van der Waals surface area (Å²) in [5.41, 5.74) is 0. The third-order valence-electron chi connectivity index (χ3n) is 4.22. The van der Waals surface area contributed by atoms with Crippen molar-refractivity contribution in [1.82, 2.24) is 4.31 Å². The van der Waals surface area contributed by atoms with Crippen molar-refractivity contribution < 1.29 is 17.9 Å². The minimum atomic E-state index is -3.57. The van der Waals surface area contributed by atoms with Crippen LogP contribution in [-0.2, 0) is 10.0 Å². The molecule has 0 amide bonds. The summed E-state index contributed by atoms with van der Waals surface area (Å²) in [6, 6.07) is 13.9. The fourth-order valence-corrected chi connectivity index (χ4v) is 4.79. The molecule has 0 aromatic heterocycles. The first-order chi connectivity index (χ1) is 12.0. The fraction of sp³-hybridized carbons (Fsp3) is 0.333. The normalized spacial score (nSPS) is 16.6. The molecule has 2 aromatic rings. The summed E-state index contributed by atoms with van der Waals surface area (Å²) in [6.45, 7) is 0.822. The molecule has 5 nitrogen and oxygen atoms in total. The van der Waals surface area contributed by atoms with Gasteiger partial charge in [0.2, 0.25) is 10.0 Å². The molecule has 1 aliphatic heterocycles. The molecule has 25 heavy (non-hydrogen) atoms. The van der Waals surface area contributed by atoms with E-state index in [0.29, 0.717) is 25.9 Å². The van der Waals surface area contributed by atoms with E-state index in [1.807, 2.05) is 24.3 Å². The van der Waals surface area contributed by atoms with Crippen LogP contribution in [0.5, 0.6) is 11.5 Å². The Bertz CT molecular complexity index is 815. The number of hydrogen-bond acceptors (Lipinski definition) is 4. The number of piperidine rings is 1. The van der Waals surface area contributed by atoms with Gasteiger partial charge in [0, 0.05) is 13.1 Å². The SMILES string of the molecule is COc1ccc(OC2CCN(S(=O)(=O)c3ccccc3Cl)CC2)cc1. The first-order valence-corrected chi connectivity index (χ1v) is 9.88. The van der Waals surface area contributed by atoms with E-state index in [1.54, 1.807) is 25.3 Å². The molecule has 1 saturated heterocycles. The van der Waals surface area contributed by atoms with Crippen LogP contribution in [0, 0.1) is 0 Å². The highest BCUT2D eigenvalue weighted by Gasteiger charge is 2.31. The quantitative estimate of drug-likeness (QED) is 0.794. The molecule has 1 fully saturated rings. The first kappa shape index (κ1) is 18.0. The van der Waals surface area contributed by atoms with Crippen LogP contribution < -0.4 is 9.47 Å². The summed E-state index contributed by atoms with van der Waals surface area (Å²) in [5.74, 6) is 1.53. The van der Waals surface area contributed by atoms with Crippen molar-refractivity contribution in [2.24, 2.45) is 0 Å². The molecule has 1 heterocycles. The van der Waals surface area contributed by atoms with Crippen molar-refractivity contribution in [2.75, 3.05) is 20.2 Å². The molecule has 0 saturated carbocycles. The van der Waals surface area contributed by atoms with Crippen molar-refractivity contribution in [3.63, 3.8) is 0 Å². The van der Waals surface area contributed by atoms with Gasteiger partial charge < -0.3 is 9.47 Å². The second-order valence-electron chi connectivity index (χ2n) is 5.83. The average molecular weight is 382 g/mol. The fourth-order valence-electron chi connectivity index (χ4n) is 2.83. The average Bonchev–Trinajstić information content (AvgIpc) is 2.63. The van der Waals surface area contributed by atoms with Gasteiger partial charge in [-0.15, -0.1) is 0 Å². The highest BCUT2D eigenvalue weighted by molar-refractivity contribution is 7.89. The molecule has 1 aliphatic rings. The Hall–Kier alpha value is -1.76. The molecule has 134 valence electrons. The second kappa shape index (κ2) is 7.64. The molecule has 0 N–H and O–H groups in total. The highest BCUT2D eigenvalue weighted by Crippen LogP contribution is 2.28. The van der Waals surface area contributed by atoms with E-state index in [-0.39, 0.29) is 16.0 Å². The Morgan fingerprint density at radius 1 is 1.00 bits per heavy atom. The number of nitrogens with zero attached hydrogens (tertiary/aromatic N) is 1. The standard InChI is InChI=1S/C18H20ClNO4S/c1-23-14-6-8-15(9-7-14)24-16-10-12-20(13-11-16)25(21,22)18-5-3-2-4-17(18)19/h2-9,16H,10-13H2,1H3. The minimum Gasteiger partial charge on any atom is -0.497 e. The number of halogens is 1. The van der Waals surface area contributed by atoms with E-state index >= 15 is 0 Å². The maximum Gasteiger partial charge on any atom is 0.244 e. The van der Waals surface area contributed by atoms with Gasteiger partial charge in [0.25, 0.3) is 0 Å². The zero-order valence-electron chi connectivity index (χ0n) is 13.9. The number of hydrogen-bond donors (Lipinski definition) is 0. The van der Waals surface area contributed by atoms with Gasteiger partial charge in [-0.3, -0.25) is 0 Å². The molecule has 2 aromatic carbocycles. The lowest BCUT2D eigenvalue weighted by Crippen LogP contribution is -2.41. The topological polar surface area (TPSA) is 55.8 Å². The first-order valence-electron chi connectivity index (χ1n) is 8.06. The third-order valence-corrected chi connectivity index (χ3v) is 6.62. The molecule has 0 spiro atoms. The maximum absolute atomic E-state index is 12.7. The van der Waals surface area contributed by atoms with Gasteiger partial charge in [-0.05, 0) is 49.2 Å². The summed E-state index contributed by atoms with van der Waals surface area (Å²) in [7, 11) is -1.95. The van der Waals surface area contributed by atoms with Gasteiger partial charge in [-0.1, -0.05) is 23.7 Å². The number of methoxy groups -OCH3 is 1. The molecular formula is C18H20ClNO4S. The van der Waals surface area contributed by atoms with Crippen LogP contribution in [0.15, 0.2) is 53.4 Å². The van der Waals surface area contributed by atoms with Gasteiger partial charge in [-0.25, -0.2) is 8.42 Å². The summed E-state index contributed by atoms with van der Waals surface area (Å²) in [4.78, 5) is 0.159. The van der Waals surface area contributed by atoms with E-state index in [2.05, 4.69) is 0 Å². The van der Waals surface area contributed by atoms with Crippen molar-refractivity contribution in [2.45, 2.75) is 23.8 Å². The van der Waals surface area contributed by atoms with Crippen LogP contribution in [0.25, 0.3) is 0 Å². The molecule has 7 heteroatoms. The summed E-state index contributed by atoms with van der Waals surface area (Å²) in [5, 5.41) is 0.249. The zero-order chi connectivity index (χ0) is 17.9. The minimum absolute atomic E-state index is 0.00825. The number of benzene rings is 2. The van der Waals surface area contributed by atoms with Crippen molar-refractivity contribution >= 4 is 21.6 Å². The van der Waals surface area contributed by atoms with Crippen LogP contribution >= 0.6 is 11.6 Å². The van der Waals surface area contributed by atoms with Crippen LogP contribution in [0.1, 0.15) is 12.8 Å². The van der Waals surface area contributed by atoms with Gasteiger partial charge in [0.05, 0.1) is 12.1 Å². The summed E-state index contributed by atoms with van der Waals surface area (Å²) in [6.07, 6.45) is 1.26. The zero-order valence-corrected chi connectivity index (χ0v) is 15.5. The summed E-state index contributed by atoms with van der Waals surface area (Å²) >= 11 is 6.05. The predicted octanol–water partition coefficient (Wildman–Crippen LogP) is 3.58. The molecule has 3 rings (SSSR count). The van der Waals surface area contributed by atoms with E-state index in [9.17, 15) is 8.42 Å². The molecule has 0 bridgehead atoms. The third kappa shape index (κ3) is 4.08. The van der Waals surface area contributed by atoms with Crippen molar-refractivity contribution in [1.29, 1.82) is 0 Å². The monoisotopic (exact) mass is 381 g/mol. The molecule has 0 atom stereocenters. The second-order valence-corrected chi connectivity index (χ2v) is 8.14. The molecule has 0 aliphatic carbocycles. The lowest BCUT2D eigenvalue weighted by Gasteiger charge is -2.31. The van der Waals surface area contributed by atoms with Gasteiger partial charge in [0.1, 0.15) is 22.5 Å². The number of rotatable bonds is 5. The molecular weight excluding hydrogens is 362 g/mol. The van der Waals surface area contributed by atoms with Crippen LogP contribution in [0.4, 0.5) is 0 Å². The lowest BCUT2D eigenvalue weighted by molar-refractivity contribution is 0.135. The van der Waals surface area contributed by atoms with Gasteiger partial charge in [-0.2, -0.15) is 4.31 Å². The van der Waals surface area contributed by atoms with Crippen LogP contribution in [-0.4, -0.2) is 39.0 Å². The molecule has 0 radical (unpaired) electrons. The highest BCUT2D eigenvalue weighted by atomic mass is 35.5. The maximum atomic E-state index is 12.7. The van der Waals surface area contributed by atoms with E-state index in [4.69, 9.17) is 21.1 Å². The smallest absolute Gasteiger partial charge is 0.244 e. The van der Waals surface area contributed by atoms with Crippen LogP contribution in [0.3, 0.4) is 0 Å². The van der Waals surface area contributed by atoms with Crippen LogP contribution in [0.2, 0.25) is 5.02 Å². The van der Waals surface area contributed by atoms with Gasteiger partial charge in [0.15, 0.2) is 0 Å². The Morgan fingerprint density at radius 2 is 1.60 bits per heavy atom. The number of sulfonamides is 1. The Kier molecular flexibility index (Phi) is 5.51. The van der Waals surface area contributed by atoms with E-state index in [1.165, 1.54) is 10.4 Å². The molecule has 0 unspecified atom stereocenters. The number of ether oxygens (including phenoxy) is 2. The largest absolute Gasteiger partial charge is 0.497 e. The predicted molar refractivity (Wildman–Crippen MR) is 96.9 cm³/mol. The Balaban J connectivity index is 1.62. The van der Waals surface area contributed by atoms with Crippen molar-refractivity contribution in [3.05, 3.63) is 53.6 Å². The lowest BCUT2D eigenvalue weighted by atomic mass is 10.1. The Labute approximate surface area is 153 Å². The summed E-state index contributed by atoms with van der Waals surface area (Å²) < 4.78 is 38.0. The van der Waals surface area contributed by atoms with Gasteiger partial charge >= 0.3 is 0 Å². The van der Waals surface area contributed by atoms with Crippen molar-refractivity contribution in [3.8, 4) is 11.5 Å². The Morgan fingerprint density at radius 3 is 2.20 bits per heavy atom. The van der Waals surface area contributed by atoms with E-state index in [0.717, 1.165) is 11.5 Å².